The molecule has 0 aromatic heterocycles. The number of nitrogens with two attached hydrogens (primary N) is 1. The van der Waals surface area contributed by atoms with Crippen LogP contribution in [0.4, 0.5) is 0 Å². The van der Waals surface area contributed by atoms with E-state index in [1.54, 1.807) is 0 Å². The Balaban J connectivity index is 1.97. The predicted octanol–water partition coefficient (Wildman–Crippen LogP) is 1.62. The van der Waals surface area contributed by atoms with Crippen molar-refractivity contribution in [3.05, 3.63) is 0 Å². The van der Waals surface area contributed by atoms with Gasteiger partial charge in [-0.25, -0.2) is 0 Å². The highest BCUT2D eigenvalue weighted by Gasteiger charge is 2.49. The first kappa shape index (κ1) is 11.9. The molecule has 2 fully saturated rings. The molecule has 1 amide bonds. The molecule has 1 aliphatic heterocycles. The lowest BCUT2D eigenvalue weighted by atomic mass is 9.62. The first-order valence-corrected chi connectivity index (χ1v) is 6.60. The lowest BCUT2D eigenvalue weighted by Crippen LogP contribution is -2.54. The van der Waals surface area contributed by atoms with Gasteiger partial charge < -0.3 is 10.6 Å². The highest BCUT2D eigenvalue weighted by Crippen LogP contribution is 2.46. The number of rotatable bonds is 3. The van der Waals surface area contributed by atoms with Crippen LogP contribution in [0.1, 0.15) is 39.5 Å². The van der Waals surface area contributed by atoms with Gasteiger partial charge >= 0.3 is 0 Å². The normalized spacial score (nSPS) is 38.6. The van der Waals surface area contributed by atoms with Crippen molar-refractivity contribution >= 4 is 5.91 Å². The summed E-state index contributed by atoms with van der Waals surface area (Å²) in [5.41, 5.74) is 5.63. The Bertz CT molecular complexity index is 271. The summed E-state index contributed by atoms with van der Waals surface area (Å²) in [6.07, 6.45) is 4.36. The van der Waals surface area contributed by atoms with Crippen LogP contribution in [-0.2, 0) is 4.79 Å². The second-order valence-electron chi connectivity index (χ2n) is 5.81. The van der Waals surface area contributed by atoms with E-state index in [9.17, 15) is 4.79 Å². The van der Waals surface area contributed by atoms with Gasteiger partial charge in [-0.05, 0) is 31.1 Å². The van der Waals surface area contributed by atoms with Gasteiger partial charge in [0.2, 0.25) is 5.91 Å². The summed E-state index contributed by atoms with van der Waals surface area (Å²) >= 11 is 0. The molecule has 1 unspecified atom stereocenters. The number of amides is 1. The minimum atomic E-state index is -0.192. The van der Waals surface area contributed by atoms with Gasteiger partial charge in [-0.2, -0.15) is 0 Å². The molecule has 1 saturated heterocycles. The number of hydrogen-bond donors (Lipinski definition) is 1. The molecule has 0 bridgehead atoms. The van der Waals surface area contributed by atoms with Gasteiger partial charge in [0.1, 0.15) is 0 Å². The molecule has 0 aromatic rings. The Labute approximate surface area is 98.4 Å². The van der Waals surface area contributed by atoms with E-state index in [1.807, 2.05) is 0 Å². The molecule has 92 valence electrons. The fraction of sp³-hybridized carbons (Fsp3) is 0.923. The quantitative estimate of drug-likeness (QED) is 0.792. The smallest absolute Gasteiger partial charge is 0.230 e. The molecule has 1 heterocycles. The van der Waals surface area contributed by atoms with Crippen LogP contribution in [0.25, 0.3) is 0 Å². The maximum atomic E-state index is 12.4. The zero-order chi connectivity index (χ0) is 11.8. The summed E-state index contributed by atoms with van der Waals surface area (Å²) in [5, 5.41) is 0. The molecule has 1 saturated carbocycles. The molecular weight excluding hydrogens is 200 g/mol. The zero-order valence-corrected chi connectivity index (χ0v) is 10.5. The Morgan fingerprint density at radius 1 is 1.50 bits per heavy atom. The number of carbonyl (C=O) groups is 1. The van der Waals surface area contributed by atoms with E-state index >= 15 is 0 Å². The molecule has 1 aliphatic carbocycles. The van der Waals surface area contributed by atoms with Gasteiger partial charge in [-0.15, -0.1) is 0 Å². The molecule has 3 heteroatoms. The highest BCUT2D eigenvalue weighted by molar-refractivity contribution is 5.84. The first-order valence-electron chi connectivity index (χ1n) is 6.60. The van der Waals surface area contributed by atoms with Crippen molar-refractivity contribution in [2.24, 2.45) is 23.0 Å². The molecule has 2 N–H and O–H groups in total. The first-order chi connectivity index (χ1) is 7.61. The number of likely N-dealkylation sites (tertiary alicyclic amines) is 1. The van der Waals surface area contributed by atoms with E-state index in [1.165, 1.54) is 12.8 Å². The molecule has 1 atom stereocenters. The van der Waals surface area contributed by atoms with Crippen molar-refractivity contribution in [1.29, 1.82) is 0 Å². The van der Waals surface area contributed by atoms with Crippen molar-refractivity contribution in [2.45, 2.75) is 39.5 Å². The van der Waals surface area contributed by atoms with Crippen molar-refractivity contribution in [3.63, 3.8) is 0 Å². The van der Waals surface area contributed by atoms with Crippen LogP contribution in [0.3, 0.4) is 0 Å². The van der Waals surface area contributed by atoms with Crippen molar-refractivity contribution in [3.8, 4) is 0 Å². The van der Waals surface area contributed by atoms with Gasteiger partial charge in [0.25, 0.3) is 0 Å². The summed E-state index contributed by atoms with van der Waals surface area (Å²) in [6, 6.07) is 0. The Hall–Kier alpha value is -0.570. The van der Waals surface area contributed by atoms with Crippen LogP contribution in [-0.4, -0.2) is 30.4 Å². The topological polar surface area (TPSA) is 46.3 Å². The third-order valence-corrected chi connectivity index (χ3v) is 4.47. The van der Waals surface area contributed by atoms with E-state index in [4.69, 9.17) is 5.73 Å². The Morgan fingerprint density at radius 2 is 2.19 bits per heavy atom. The van der Waals surface area contributed by atoms with Crippen LogP contribution in [0.2, 0.25) is 0 Å². The van der Waals surface area contributed by atoms with E-state index in [-0.39, 0.29) is 5.41 Å². The van der Waals surface area contributed by atoms with Crippen LogP contribution in [0.5, 0.6) is 0 Å². The second-order valence-corrected chi connectivity index (χ2v) is 5.81. The van der Waals surface area contributed by atoms with Gasteiger partial charge in [0.15, 0.2) is 0 Å². The summed E-state index contributed by atoms with van der Waals surface area (Å²) in [4.78, 5) is 14.5. The van der Waals surface area contributed by atoms with Gasteiger partial charge in [0.05, 0.1) is 5.41 Å². The van der Waals surface area contributed by atoms with Crippen LogP contribution in [0, 0.1) is 17.3 Å². The average Bonchev–Trinajstić information content (AvgIpc) is 2.72. The molecular formula is C13H24N2O. The monoisotopic (exact) mass is 224 g/mol. The predicted molar refractivity (Wildman–Crippen MR) is 64.9 cm³/mol. The molecule has 2 aliphatic rings. The van der Waals surface area contributed by atoms with E-state index in [0.717, 1.165) is 31.8 Å². The van der Waals surface area contributed by atoms with Crippen molar-refractivity contribution in [2.75, 3.05) is 19.6 Å². The maximum Gasteiger partial charge on any atom is 0.230 e. The third-order valence-electron chi connectivity index (χ3n) is 4.47. The standard InChI is InChI=1S/C13H24N2O/c1-3-11-4-5-15(8-11)12(16)13(9-14)6-10(2)7-13/h10-11H,3-9,14H2,1-2H3. The number of carbonyl (C=O) groups excluding carboxylic acids is 1. The van der Waals surface area contributed by atoms with E-state index in [2.05, 4.69) is 18.7 Å². The summed E-state index contributed by atoms with van der Waals surface area (Å²) < 4.78 is 0. The highest BCUT2D eigenvalue weighted by atomic mass is 16.2. The van der Waals surface area contributed by atoms with E-state index in [0.29, 0.717) is 18.4 Å². The van der Waals surface area contributed by atoms with Crippen LogP contribution in [0.15, 0.2) is 0 Å². The molecule has 2 rings (SSSR count). The van der Waals surface area contributed by atoms with Crippen LogP contribution >= 0.6 is 0 Å². The summed E-state index contributed by atoms with van der Waals surface area (Å²) in [7, 11) is 0. The average molecular weight is 224 g/mol. The van der Waals surface area contributed by atoms with Gasteiger partial charge in [-0.1, -0.05) is 20.3 Å². The molecule has 0 spiro atoms. The maximum absolute atomic E-state index is 12.4. The fourth-order valence-corrected chi connectivity index (χ4v) is 3.39. The minimum Gasteiger partial charge on any atom is -0.342 e. The van der Waals surface area contributed by atoms with Crippen LogP contribution < -0.4 is 5.73 Å². The molecule has 0 aromatic carbocycles. The van der Waals surface area contributed by atoms with E-state index < -0.39 is 0 Å². The number of nitrogens with zero attached hydrogens (tertiary/aromatic N) is 1. The number of hydrogen-bond acceptors (Lipinski definition) is 2. The third kappa shape index (κ3) is 1.86. The van der Waals surface area contributed by atoms with Gasteiger partial charge in [-0.3, -0.25) is 4.79 Å². The minimum absolute atomic E-state index is 0.192. The lowest BCUT2D eigenvalue weighted by Gasteiger charge is -2.46. The molecule has 16 heavy (non-hydrogen) atoms. The van der Waals surface area contributed by atoms with Gasteiger partial charge in [0, 0.05) is 19.6 Å². The summed E-state index contributed by atoms with van der Waals surface area (Å²) in [6.45, 7) is 6.87. The summed E-state index contributed by atoms with van der Waals surface area (Å²) in [5.74, 6) is 1.73. The lowest BCUT2D eigenvalue weighted by molar-refractivity contribution is -0.148. The SMILES string of the molecule is CCC1CCN(C(=O)C2(CN)CC(C)C2)C1. The fourth-order valence-electron chi connectivity index (χ4n) is 3.39. The Morgan fingerprint density at radius 3 is 2.62 bits per heavy atom. The largest absolute Gasteiger partial charge is 0.342 e. The Kier molecular flexibility index (Phi) is 3.24. The zero-order valence-electron chi connectivity index (χ0n) is 10.5. The molecule has 3 nitrogen and oxygen atoms in total. The molecule has 0 radical (unpaired) electrons. The van der Waals surface area contributed by atoms with Crippen molar-refractivity contribution in [1.82, 2.24) is 4.90 Å². The second kappa shape index (κ2) is 4.36. The van der Waals surface area contributed by atoms with Crippen molar-refractivity contribution < 1.29 is 4.79 Å².